The van der Waals surface area contributed by atoms with Gasteiger partial charge >= 0.3 is 0 Å². The number of thiophene rings is 1. The zero-order valence-electron chi connectivity index (χ0n) is 10.1. The highest BCUT2D eigenvalue weighted by molar-refractivity contribution is 7.92. The number of rotatable bonds is 5. The number of hydrogen-bond acceptors (Lipinski definition) is 4. The van der Waals surface area contributed by atoms with Gasteiger partial charge in [0.2, 0.25) is 0 Å². The van der Waals surface area contributed by atoms with Gasteiger partial charge < -0.3 is 5.32 Å². The van der Waals surface area contributed by atoms with Crippen molar-refractivity contribution in [2.24, 2.45) is 0 Å². The minimum atomic E-state index is -3.03. The molecule has 1 aromatic heterocycles. The van der Waals surface area contributed by atoms with E-state index >= 15 is 0 Å². The molecule has 3 nitrogen and oxygen atoms in total. The summed E-state index contributed by atoms with van der Waals surface area (Å²) < 4.78 is 22.3. The quantitative estimate of drug-likeness (QED) is 0.884. The van der Waals surface area contributed by atoms with Crippen LogP contribution in [-0.4, -0.2) is 26.0 Å². The van der Waals surface area contributed by atoms with Crippen molar-refractivity contribution in [1.29, 1.82) is 0 Å². The summed E-state index contributed by atoms with van der Waals surface area (Å²) in [4.78, 5) is 0. The fraction of sp³-hybridized carbons (Fsp3) is 0.636. The van der Waals surface area contributed by atoms with Crippen LogP contribution >= 0.6 is 11.3 Å². The Bertz CT molecular complexity index is 421. The lowest BCUT2D eigenvalue weighted by Crippen LogP contribution is -2.42. The number of hydrogen-bond donors (Lipinski definition) is 1. The summed E-state index contributed by atoms with van der Waals surface area (Å²) in [6.45, 7) is 5.99. The van der Waals surface area contributed by atoms with E-state index in [1.165, 1.54) is 11.8 Å². The molecule has 0 saturated heterocycles. The highest BCUT2D eigenvalue weighted by Crippen LogP contribution is 2.18. The Morgan fingerprint density at radius 1 is 1.50 bits per heavy atom. The SMILES string of the molecule is CC(NCC(C)(C)S(C)(=O)=O)c1ccsc1. The molecule has 1 atom stereocenters. The van der Waals surface area contributed by atoms with Gasteiger partial charge in [0, 0.05) is 18.8 Å². The van der Waals surface area contributed by atoms with E-state index in [1.807, 2.05) is 12.3 Å². The van der Waals surface area contributed by atoms with Gasteiger partial charge in [-0.2, -0.15) is 11.3 Å². The summed E-state index contributed by atoms with van der Waals surface area (Å²) in [6.07, 6.45) is 1.28. The molecule has 0 amide bonds. The third-order valence-corrected chi connectivity index (χ3v) is 5.73. The van der Waals surface area contributed by atoms with Crippen LogP contribution in [0.2, 0.25) is 0 Å². The molecule has 0 aliphatic rings. The van der Waals surface area contributed by atoms with Crippen molar-refractivity contribution < 1.29 is 8.42 Å². The van der Waals surface area contributed by atoms with Gasteiger partial charge in [0.15, 0.2) is 9.84 Å². The summed E-state index contributed by atoms with van der Waals surface area (Å²) in [5.41, 5.74) is 1.20. The molecule has 0 radical (unpaired) electrons. The lowest BCUT2D eigenvalue weighted by atomic mass is 10.1. The number of sulfone groups is 1. The molecule has 0 spiro atoms. The van der Waals surface area contributed by atoms with E-state index in [2.05, 4.69) is 16.8 Å². The van der Waals surface area contributed by atoms with E-state index in [-0.39, 0.29) is 6.04 Å². The van der Waals surface area contributed by atoms with Crippen LogP contribution in [0, 0.1) is 0 Å². The Balaban J connectivity index is 2.59. The van der Waals surface area contributed by atoms with Crippen LogP contribution in [-0.2, 0) is 9.84 Å². The molecule has 0 aliphatic heterocycles. The summed E-state index contributed by atoms with van der Waals surface area (Å²) in [7, 11) is -3.03. The fourth-order valence-electron chi connectivity index (χ4n) is 1.17. The molecule has 0 saturated carbocycles. The molecular formula is C11H19NO2S2. The summed E-state index contributed by atoms with van der Waals surface area (Å²) in [5, 5.41) is 7.36. The Morgan fingerprint density at radius 2 is 2.12 bits per heavy atom. The minimum Gasteiger partial charge on any atom is -0.309 e. The van der Waals surface area contributed by atoms with Gasteiger partial charge in [0.05, 0.1) is 4.75 Å². The second-order valence-corrected chi connectivity index (χ2v) is 8.12. The molecular weight excluding hydrogens is 242 g/mol. The zero-order valence-corrected chi connectivity index (χ0v) is 11.8. The maximum absolute atomic E-state index is 11.5. The van der Waals surface area contributed by atoms with Crippen LogP contribution in [0.4, 0.5) is 0 Å². The van der Waals surface area contributed by atoms with E-state index < -0.39 is 14.6 Å². The zero-order chi connectivity index (χ0) is 12.4. The topological polar surface area (TPSA) is 46.2 Å². The highest BCUT2D eigenvalue weighted by Gasteiger charge is 2.30. The van der Waals surface area contributed by atoms with Crippen LogP contribution in [0.3, 0.4) is 0 Å². The molecule has 92 valence electrons. The average Bonchev–Trinajstić information content (AvgIpc) is 2.65. The smallest absolute Gasteiger partial charge is 0.153 e. The Kier molecular flexibility index (Phi) is 4.15. The largest absolute Gasteiger partial charge is 0.309 e. The van der Waals surface area contributed by atoms with Gasteiger partial charge in [-0.15, -0.1) is 0 Å². The third kappa shape index (κ3) is 3.30. The Morgan fingerprint density at radius 3 is 2.56 bits per heavy atom. The summed E-state index contributed by atoms with van der Waals surface area (Å²) >= 11 is 1.65. The molecule has 0 aromatic carbocycles. The monoisotopic (exact) mass is 261 g/mol. The Labute approximate surface area is 102 Å². The maximum Gasteiger partial charge on any atom is 0.153 e. The van der Waals surface area contributed by atoms with Crippen molar-refractivity contribution in [2.45, 2.75) is 31.6 Å². The predicted molar refractivity (Wildman–Crippen MR) is 69.7 cm³/mol. The molecule has 16 heavy (non-hydrogen) atoms. The molecule has 1 heterocycles. The van der Waals surface area contributed by atoms with E-state index in [0.29, 0.717) is 6.54 Å². The first-order valence-corrected chi connectivity index (χ1v) is 8.02. The van der Waals surface area contributed by atoms with Crippen molar-refractivity contribution in [3.05, 3.63) is 22.4 Å². The van der Waals surface area contributed by atoms with Gasteiger partial charge in [-0.25, -0.2) is 8.42 Å². The standard InChI is InChI=1S/C11H19NO2S2/c1-9(10-5-6-15-7-10)12-8-11(2,3)16(4,13)14/h5-7,9,12H,8H2,1-4H3. The van der Waals surface area contributed by atoms with Gasteiger partial charge in [-0.05, 0) is 43.2 Å². The molecule has 5 heteroatoms. The molecule has 0 aliphatic carbocycles. The summed E-state index contributed by atoms with van der Waals surface area (Å²) in [6, 6.07) is 2.24. The van der Waals surface area contributed by atoms with Crippen molar-refractivity contribution in [3.63, 3.8) is 0 Å². The van der Waals surface area contributed by atoms with Gasteiger partial charge in [-0.3, -0.25) is 0 Å². The van der Waals surface area contributed by atoms with Gasteiger partial charge in [0.1, 0.15) is 0 Å². The van der Waals surface area contributed by atoms with Crippen molar-refractivity contribution in [2.75, 3.05) is 12.8 Å². The van der Waals surface area contributed by atoms with Crippen LogP contribution in [0.1, 0.15) is 32.4 Å². The van der Waals surface area contributed by atoms with E-state index in [1.54, 1.807) is 25.2 Å². The van der Waals surface area contributed by atoms with E-state index in [9.17, 15) is 8.42 Å². The van der Waals surface area contributed by atoms with Crippen LogP contribution < -0.4 is 5.32 Å². The first-order valence-electron chi connectivity index (χ1n) is 5.19. The van der Waals surface area contributed by atoms with E-state index in [4.69, 9.17) is 0 Å². The minimum absolute atomic E-state index is 0.187. The second kappa shape index (κ2) is 4.85. The second-order valence-electron chi connectivity index (χ2n) is 4.69. The first-order chi connectivity index (χ1) is 7.24. The van der Waals surface area contributed by atoms with Crippen LogP contribution in [0.25, 0.3) is 0 Å². The van der Waals surface area contributed by atoms with Crippen molar-refractivity contribution >= 4 is 21.2 Å². The number of nitrogens with one attached hydrogen (secondary N) is 1. The van der Waals surface area contributed by atoms with Crippen LogP contribution in [0.15, 0.2) is 16.8 Å². The predicted octanol–water partition coefficient (Wildman–Crippen LogP) is 2.22. The lowest BCUT2D eigenvalue weighted by Gasteiger charge is -2.25. The van der Waals surface area contributed by atoms with Gasteiger partial charge in [-0.1, -0.05) is 0 Å². The molecule has 1 rings (SSSR count). The molecule has 0 bridgehead atoms. The lowest BCUT2D eigenvalue weighted by molar-refractivity contribution is 0.489. The van der Waals surface area contributed by atoms with Crippen LogP contribution in [0.5, 0.6) is 0 Å². The van der Waals surface area contributed by atoms with Gasteiger partial charge in [0.25, 0.3) is 0 Å². The summed E-state index contributed by atoms with van der Waals surface area (Å²) in [5.74, 6) is 0. The molecule has 0 fully saturated rings. The average molecular weight is 261 g/mol. The first kappa shape index (κ1) is 13.7. The van der Waals surface area contributed by atoms with E-state index in [0.717, 1.165) is 0 Å². The normalized spacial score (nSPS) is 15.0. The Hall–Kier alpha value is -0.390. The maximum atomic E-state index is 11.5. The molecule has 1 aromatic rings. The highest BCUT2D eigenvalue weighted by atomic mass is 32.2. The molecule has 1 N–H and O–H groups in total. The van der Waals surface area contributed by atoms with Crippen molar-refractivity contribution in [1.82, 2.24) is 5.32 Å². The molecule has 1 unspecified atom stereocenters. The fourth-order valence-corrected chi connectivity index (χ4v) is 2.27. The van der Waals surface area contributed by atoms with Crippen molar-refractivity contribution in [3.8, 4) is 0 Å². The third-order valence-electron chi connectivity index (χ3n) is 2.88.